The van der Waals surface area contributed by atoms with Crippen molar-refractivity contribution >= 4 is 11.6 Å². The van der Waals surface area contributed by atoms with Crippen LogP contribution in [0.5, 0.6) is 0 Å². The van der Waals surface area contributed by atoms with Gasteiger partial charge in [0.05, 0.1) is 23.3 Å². The Morgan fingerprint density at radius 2 is 1.79 bits per heavy atom. The van der Waals surface area contributed by atoms with E-state index in [0.717, 1.165) is 61.9 Å². The number of pyridine rings is 2. The number of nitrogens with zero attached hydrogens (tertiary/aromatic N) is 6. The average Bonchev–Trinajstić information content (AvgIpc) is 2.76. The highest BCUT2D eigenvalue weighted by molar-refractivity contribution is 5.60. The number of aromatic nitrogens is 4. The third-order valence-electron chi connectivity index (χ3n) is 4.99. The minimum Gasteiger partial charge on any atom is -0.323 e. The standard InChI is InChI=1S/C21H25N7/c1-2-27-10-12-28(13-11-27)16-19-6-5-18(15-24-19)25-21-23-9-7-20(26-21)17-4-3-8-22-14-17/h3-9,14-15H,2,10-13,16H2,1H3,(H,23,25,26). The van der Waals surface area contributed by atoms with E-state index < -0.39 is 0 Å². The lowest BCUT2D eigenvalue weighted by molar-refractivity contribution is 0.131. The molecule has 0 aromatic carbocycles. The maximum atomic E-state index is 4.61. The van der Waals surface area contributed by atoms with Crippen molar-refractivity contribution < 1.29 is 0 Å². The zero-order valence-electron chi connectivity index (χ0n) is 16.1. The van der Waals surface area contributed by atoms with Gasteiger partial charge in [-0.05, 0) is 36.9 Å². The summed E-state index contributed by atoms with van der Waals surface area (Å²) in [6, 6.07) is 9.86. The van der Waals surface area contributed by atoms with Crippen LogP contribution >= 0.6 is 0 Å². The van der Waals surface area contributed by atoms with Gasteiger partial charge >= 0.3 is 0 Å². The molecule has 7 heteroatoms. The third-order valence-corrected chi connectivity index (χ3v) is 4.99. The molecule has 0 aliphatic carbocycles. The van der Waals surface area contributed by atoms with E-state index in [9.17, 15) is 0 Å². The number of piperazine rings is 1. The summed E-state index contributed by atoms with van der Waals surface area (Å²) in [5.41, 5.74) is 3.76. The minimum atomic E-state index is 0.548. The smallest absolute Gasteiger partial charge is 0.227 e. The van der Waals surface area contributed by atoms with Gasteiger partial charge in [-0.3, -0.25) is 14.9 Å². The van der Waals surface area contributed by atoms with Gasteiger partial charge < -0.3 is 10.2 Å². The highest BCUT2D eigenvalue weighted by Crippen LogP contribution is 2.18. The highest BCUT2D eigenvalue weighted by atomic mass is 15.3. The predicted molar refractivity (Wildman–Crippen MR) is 110 cm³/mol. The fourth-order valence-corrected chi connectivity index (χ4v) is 3.31. The second-order valence-corrected chi connectivity index (χ2v) is 6.88. The maximum Gasteiger partial charge on any atom is 0.227 e. The van der Waals surface area contributed by atoms with Crippen LogP contribution in [-0.4, -0.2) is 62.5 Å². The van der Waals surface area contributed by atoms with Crippen molar-refractivity contribution in [2.24, 2.45) is 0 Å². The molecule has 1 aliphatic rings. The summed E-state index contributed by atoms with van der Waals surface area (Å²) in [6.45, 7) is 8.73. The zero-order valence-corrected chi connectivity index (χ0v) is 16.1. The van der Waals surface area contributed by atoms with Crippen LogP contribution in [0.4, 0.5) is 11.6 Å². The molecular weight excluding hydrogens is 350 g/mol. The Kier molecular flexibility index (Phi) is 5.84. The van der Waals surface area contributed by atoms with Gasteiger partial charge in [0.15, 0.2) is 0 Å². The zero-order chi connectivity index (χ0) is 19.2. The summed E-state index contributed by atoms with van der Waals surface area (Å²) in [7, 11) is 0. The largest absolute Gasteiger partial charge is 0.323 e. The Morgan fingerprint density at radius 3 is 2.50 bits per heavy atom. The van der Waals surface area contributed by atoms with Crippen molar-refractivity contribution in [3.63, 3.8) is 0 Å². The molecule has 144 valence electrons. The number of likely N-dealkylation sites (N-methyl/N-ethyl adjacent to an activating group) is 1. The maximum absolute atomic E-state index is 4.61. The summed E-state index contributed by atoms with van der Waals surface area (Å²) < 4.78 is 0. The van der Waals surface area contributed by atoms with Gasteiger partial charge in [0, 0.05) is 56.9 Å². The van der Waals surface area contributed by atoms with E-state index in [1.807, 2.05) is 30.5 Å². The Morgan fingerprint density at radius 1 is 0.929 bits per heavy atom. The van der Waals surface area contributed by atoms with E-state index in [1.54, 1.807) is 18.6 Å². The first-order valence-corrected chi connectivity index (χ1v) is 9.70. The van der Waals surface area contributed by atoms with Gasteiger partial charge in [-0.2, -0.15) is 0 Å². The van der Waals surface area contributed by atoms with E-state index >= 15 is 0 Å². The molecule has 7 nitrogen and oxygen atoms in total. The molecular formula is C21H25N7. The lowest BCUT2D eigenvalue weighted by Gasteiger charge is -2.33. The summed E-state index contributed by atoms with van der Waals surface area (Å²) >= 11 is 0. The molecule has 4 heterocycles. The summed E-state index contributed by atoms with van der Waals surface area (Å²) in [5.74, 6) is 0.548. The van der Waals surface area contributed by atoms with Crippen LogP contribution in [-0.2, 0) is 6.54 Å². The van der Waals surface area contributed by atoms with Crippen LogP contribution < -0.4 is 5.32 Å². The van der Waals surface area contributed by atoms with Crippen molar-refractivity contribution in [3.05, 3.63) is 60.8 Å². The molecule has 0 spiro atoms. The Bertz CT molecular complexity index is 875. The second-order valence-electron chi connectivity index (χ2n) is 6.88. The topological polar surface area (TPSA) is 70.1 Å². The van der Waals surface area contributed by atoms with Crippen LogP contribution in [0.2, 0.25) is 0 Å². The summed E-state index contributed by atoms with van der Waals surface area (Å²) in [4.78, 5) is 22.6. The van der Waals surface area contributed by atoms with Crippen LogP contribution in [0, 0.1) is 0 Å². The van der Waals surface area contributed by atoms with Crippen LogP contribution in [0.15, 0.2) is 55.1 Å². The van der Waals surface area contributed by atoms with E-state index in [0.29, 0.717) is 5.95 Å². The predicted octanol–water partition coefficient (Wildman–Crippen LogP) is 2.81. The molecule has 0 unspecified atom stereocenters. The van der Waals surface area contributed by atoms with Crippen LogP contribution in [0.25, 0.3) is 11.3 Å². The molecule has 1 fully saturated rings. The van der Waals surface area contributed by atoms with Crippen molar-refractivity contribution in [2.45, 2.75) is 13.5 Å². The average molecular weight is 375 g/mol. The molecule has 0 radical (unpaired) electrons. The van der Waals surface area contributed by atoms with Gasteiger partial charge in [0.1, 0.15) is 0 Å². The SMILES string of the molecule is CCN1CCN(Cc2ccc(Nc3nccc(-c4cccnc4)n3)cn2)CC1. The number of nitrogens with one attached hydrogen (secondary N) is 1. The van der Waals surface area contributed by atoms with E-state index in [1.165, 1.54) is 0 Å². The Labute approximate surface area is 165 Å². The molecule has 1 saturated heterocycles. The Balaban J connectivity index is 1.37. The molecule has 0 bridgehead atoms. The first kappa shape index (κ1) is 18.5. The molecule has 0 saturated carbocycles. The van der Waals surface area contributed by atoms with Crippen molar-refractivity contribution in [2.75, 3.05) is 38.0 Å². The highest BCUT2D eigenvalue weighted by Gasteiger charge is 2.15. The monoisotopic (exact) mass is 375 g/mol. The van der Waals surface area contributed by atoms with Gasteiger partial charge in [-0.15, -0.1) is 0 Å². The Hall–Kier alpha value is -2.90. The first-order valence-electron chi connectivity index (χ1n) is 9.70. The van der Waals surface area contributed by atoms with Crippen molar-refractivity contribution in [3.8, 4) is 11.3 Å². The second kappa shape index (κ2) is 8.86. The van der Waals surface area contributed by atoms with E-state index in [-0.39, 0.29) is 0 Å². The minimum absolute atomic E-state index is 0.548. The van der Waals surface area contributed by atoms with Crippen LogP contribution in [0.3, 0.4) is 0 Å². The molecule has 1 N–H and O–H groups in total. The summed E-state index contributed by atoms with van der Waals surface area (Å²) in [6.07, 6.45) is 7.14. The number of anilines is 2. The van der Waals surface area contributed by atoms with Crippen molar-refractivity contribution in [1.82, 2.24) is 29.7 Å². The van der Waals surface area contributed by atoms with E-state index in [2.05, 4.69) is 48.0 Å². The molecule has 3 aromatic heterocycles. The van der Waals surface area contributed by atoms with Crippen molar-refractivity contribution in [1.29, 1.82) is 0 Å². The number of rotatable bonds is 6. The van der Waals surface area contributed by atoms with Gasteiger partial charge in [-0.1, -0.05) is 6.92 Å². The molecule has 0 amide bonds. The quantitative estimate of drug-likeness (QED) is 0.710. The first-order chi connectivity index (χ1) is 13.8. The number of hydrogen-bond donors (Lipinski definition) is 1. The lowest BCUT2D eigenvalue weighted by Crippen LogP contribution is -2.45. The fourth-order valence-electron chi connectivity index (χ4n) is 3.31. The van der Waals surface area contributed by atoms with Gasteiger partial charge in [0.25, 0.3) is 0 Å². The van der Waals surface area contributed by atoms with Crippen LogP contribution in [0.1, 0.15) is 12.6 Å². The fraction of sp³-hybridized carbons (Fsp3) is 0.333. The molecule has 1 aliphatic heterocycles. The molecule has 0 atom stereocenters. The molecule has 3 aromatic rings. The van der Waals surface area contributed by atoms with Gasteiger partial charge in [-0.25, -0.2) is 9.97 Å². The summed E-state index contributed by atoms with van der Waals surface area (Å²) in [5, 5.41) is 3.23. The normalized spacial score (nSPS) is 15.5. The molecule has 4 rings (SSSR count). The van der Waals surface area contributed by atoms with Gasteiger partial charge in [0.2, 0.25) is 5.95 Å². The molecule has 28 heavy (non-hydrogen) atoms. The number of hydrogen-bond acceptors (Lipinski definition) is 7. The third kappa shape index (κ3) is 4.68. The lowest BCUT2D eigenvalue weighted by atomic mass is 10.2. The van der Waals surface area contributed by atoms with E-state index in [4.69, 9.17) is 0 Å².